The number of para-hydroxylation sites is 2. The van der Waals surface area contributed by atoms with Crippen molar-refractivity contribution in [1.29, 1.82) is 0 Å². The molecule has 2 amide bonds. The fourth-order valence-corrected chi connectivity index (χ4v) is 3.96. The highest BCUT2D eigenvalue weighted by molar-refractivity contribution is 6.00. The second kappa shape index (κ2) is 12.3. The average Bonchev–Trinajstić information content (AvgIpc) is 3.48. The number of nitrogens with one attached hydrogen (secondary N) is 4. The van der Waals surface area contributed by atoms with Crippen molar-refractivity contribution in [1.82, 2.24) is 20.8 Å². The van der Waals surface area contributed by atoms with Crippen LogP contribution in [0.25, 0.3) is 21.8 Å². The number of hydrogen-bond donors (Lipinski definition) is 4. The van der Waals surface area contributed by atoms with Crippen LogP contribution in [-0.2, 0) is 9.59 Å². The molecule has 0 aliphatic heterocycles. The Labute approximate surface area is 203 Å². The van der Waals surface area contributed by atoms with E-state index in [4.69, 9.17) is 0 Å². The van der Waals surface area contributed by atoms with Crippen LogP contribution in [0, 0.1) is 0 Å². The number of aromatic nitrogens is 2. The molecule has 0 atom stereocenters. The minimum Gasteiger partial charge on any atom is -0.361 e. The zero-order valence-corrected chi connectivity index (χ0v) is 19.6. The number of hydrogen-bond acceptors (Lipinski definition) is 4. The molecule has 0 aliphatic carbocycles. The zero-order valence-electron chi connectivity index (χ0n) is 19.6. The van der Waals surface area contributed by atoms with E-state index < -0.39 is 0 Å². The van der Waals surface area contributed by atoms with Crippen molar-refractivity contribution in [2.45, 2.75) is 44.9 Å². The highest BCUT2D eigenvalue weighted by Crippen LogP contribution is 2.16. The molecule has 8 nitrogen and oxygen atoms in total. The monoisotopic (exact) mass is 470 g/mol. The number of hydrazone groups is 2. The van der Waals surface area contributed by atoms with Gasteiger partial charge in [-0.15, -0.1) is 0 Å². The molecule has 4 rings (SSSR count). The van der Waals surface area contributed by atoms with Crippen LogP contribution in [0.1, 0.15) is 56.1 Å². The number of amides is 2. The van der Waals surface area contributed by atoms with Gasteiger partial charge in [-0.05, 0) is 25.0 Å². The van der Waals surface area contributed by atoms with Crippen LogP contribution >= 0.6 is 0 Å². The maximum absolute atomic E-state index is 12.0. The third-order valence-corrected chi connectivity index (χ3v) is 5.84. The lowest BCUT2D eigenvalue weighted by Crippen LogP contribution is -2.17. The Bertz CT molecular complexity index is 1230. The number of unbranched alkanes of at least 4 members (excludes halogenated alkanes) is 4. The molecule has 35 heavy (non-hydrogen) atoms. The van der Waals surface area contributed by atoms with Gasteiger partial charge >= 0.3 is 0 Å². The van der Waals surface area contributed by atoms with Gasteiger partial charge in [0.05, 0.1) is 12.4 Å². The lowest BCUT2D eigenvalue weighted by Gasteiger charge is -2.02. The number of aromatic amines is 2. The molecule has 2 aromatic heterocycles. The molecule has 180 valence electrons. The Morgan fingerprint density at radius 3 is 1.57 bits per heavy atom. The second-order valence-corrected chi connectivity index (χ2v) is 8.43. The average molecular weight is 471 g/mol. The molecule has 0 saturated carbocycles. The Morgan fingerprint density at radius 2 is 1.09 bits per heavy atom. The Kier molecular flexibility index (Phi) is 8.42. The first kappa shape index (κ1) is 23.9. The lowest BCUT2D eigenvalue weighted by molar-refractivity contribution is -0.121. The van der Waals surface area contributed by atoms with Gasteiger partial charge in [-0.25, -0.2) is 10.9 Å². The highest BCUT2D eigenvalue weighted by atomic mass is 16.2. The number of H-pyrrole nitrogens is 2. The quantitative estimate of drug-likeness (QED) is 0.133. The predicted octanol–water partition coefficient (Wildman–Crippen LogP) is 4.98. The van der Waals surface area contributed by atoms with E-state index in [1.807, 2.05) is 60.9 Å². The number of fused-ring (bicyclic) bond motifs is 2. The molecule has 2 aromatic carbocycles. The van der Waals surface area contributed by atoms with Gasteiger partial charge in [0.2, 0.25) is 11.8 Å². The maximum atomic E-state index is 12.0. The van der Waals surface area contributed by atoms with Crippen molar-refractivity contribution in [3.8, 4) is 0 Å². The minimum atomic E-state index is -0.0893. The second-order valence-electron chi connectivity index (χ2n) is 8.43. The van der Waals surface area contributed by atoms with E-state index in [1.54, 1.807) is 12.4 Å². The summed E-state index contributed by atoms with van der Waals surface area (Å²) in [6.45, 7) is 0. The summed E-state index contributed by atoms with van der Waals surface area (Å²) < 4.78 is 0. The van der Waals surface area contributed by atoms with E-state index in [0.717, 1.165) is 65.0 Å². The third kappa shape index (κ3) is 6.89. The van der Waals surface area contributed by atoms with Crippen molar-refractivity contribution < 1.29 is 9.59 Å². The lowest BCUT2D eigenvalue weighted by atomic mass is 10.1. The van der Waals surface area contributed by atoms with E-state index in [0.29, 0.717) is 12.8 Å². The summed E-state index contributed by atoms with van der Waals surface area (Å²) >= 11 is 0. The summed E-state index contributed by atoms with van der Waals surface area (Å²) in [5.41, 5.74) is 9.13. The van der Waals surface area contributed by atoms with Crippen LogP contribution in [0.5, 0.6) is 0 Å². The molecule has 0 spiro atoms. The van der Waals surface area contributed by atoms with Gasteiger partial charge in [-0.1, -0.05) is 55.7 Å². The van der Waals surface area contributed by atoms with Crippen LogP contribution in [-0.4, -0.2) is 34.2 Å². The van der Waals surface area contributed by atoms with Gasteiger partial charge < -0.3 is 9.97 Å². The maximum Gasteiger partial charge on any atom is 0.240 e. The van der Waals surface area contributed by atoms with Crippen molar-refractivity contribution in [3.05, 3.63) is 72.1 Å². The van der Waals surface area contributed by atoms with Crippen LogP contribution < -0.4 is 10.9 Å². The third-order valence-electron chi connectivity index (χ3n) is 5.84. The SMILES string of the molecule is O=C(CCCCCCCC(=O)NN=Cc1c[nH]c2ccccc12)NN=Cc1c[nH]c2ccccc12. The zero-order chi connectivity index (χ0) is 24.3. The van der Waals surface area contributed by atoms with Crippen molar-refractivity contribution in [2.75, 3.05) is 0 Å². The summed E-state index contributed by atoms with van der Waals surface area (Å²) in [7, 11) is 0. The molecular weight excluding hydrogens is 440 g/mol. The highest BCUT2D eigenvalue weighted by Gasteiger charge is 2.04. The van der Waals surface area contributed by atoms with Gasteiger partial charge in [-0.3, -0.25) is 9.59 Å². The first-order valence-electron chi connectivity index (χ1n) is 12.0. The summed E-state index contributed by atoms with van der Waals surface area (Å²) in [5, 5.41) is 10.3. The van der Waals surface area contributed by atoms with Gasteiger partial charge in [0.1, 0.15) is 0 Å². The first-order valence-corrected chi connectivity index (χ1v) is 12.0. The summed E-state index contributed by atoms with van der Waals surface area (Å²) in [6, 6.07) is 15.9. The van der Waals surface area contributed by atoms with Gasteiger partial charge in [0.15, 0.2) is 0 Å². The molecule has 0 unspecified atom stereocenters. The molecule has 0 bridgehead atoms. The molecule has 0 fully saturated rings. The largest absolute Gasteiger partial charge is 0.361 e. The topological polar surface area (TPSA) is 114 Å². The molecule has 0 aliphatic rings. The van der Waals surface area contributed by atoms with Gasteiger partial charge in [0.25, 0.3) is 0 Å². The molecule has 4 aromatic rings. The van der Waals surface area contributed by atoms with Crippen LogP contribution in [0.4, 0.5) is 0 Å². The van der Waals surface area contributed by atoms with Crippen LogP contribution in [0.2, 0.25) is 0 Å². The first-order chi connectivity index (χ1) is 17.2. The van der Waals surface area contributed by atoms with Gasteiger partial charge in [-0.2, -0.15) is 10.2 Å². The molecule has 0 saturated heterocycles. The fraction of sp³-hybridized carbons (Fsp3) is 0.259. The van der Waals surface area contributed by atoms with E-state index >= 15 is 0 Å². The van der Waals surface area contributed by atoms with Crippen molar-refractivity contribution >= 4 is 46.0 Å². The molecule has 2 heterocycles. The molecular formula is C27H30N6O2. The number of benzene rings is 2. The molecule has 4 N–H and O–H groups in total. The number of carbonyl (C=O) groups excluding carboxylic acids is 2. The normalized spacial score (nSPS) is 11.7. The van der Waals surface area contributed by atoms with E-state index in [2.05, 4.69) is 31.0 Å². The smallest absolute Gasteiger partial charge is 0.240 e. The summed E-state index contributed by atoms with van der Waals surface area (Å²) in [5.74, 6) is -0.179. The van der Waals surface area contributed by atoms with Crippen molar-refractivity contribution in [2.24, 2.45) is 10.2 Å². The summed E-state index contributed by atoms with van der Waals surface area (Å²) in [6.07, 6.45) is 12.4. The Hall–Kier alpha value is -4.20. The standard InChI is InChI=1S/C27H30N6O2/c34-26(32-30-18-20-16-28-24-12-8-6-10-22(20)24)14-4-2-1-3-5-15-27(35)33-31-19-21-17-29-25-13-9-7-11-23(21)25/h6-13,16-19,28-29H,1-5,14-15H2,(H,32,34)(H,33,35). The minimum absolute atomic E-state index is 0.0893. The fourth-order valence-electron chi connectivity index (χ4n) is 3.96. The Morgan fingerprint density at radius 1 is 0.657 bits per heavy atom. The number of nitrogens with zero attached hydrogens (tertiary/aromatic N) is 2. The summed E-state index contributed by atoms with van der Waals surface area (Å²) in [4.78, 5) is 30.3. The van der Waals surface area contributed by atoms with Crippen molar-refractivity contribution in [3.63, 3.8) is 0 Å². The van der Waals surface area contributed by atoms with E-state index in [1.165, 1.54) is 0 Å². The van der Waals surface area contributed by atoms with Crippen LogP contribution in [0.15, 0.2) is 71.1 Å². The molecule has 0 radical (unpaired) electrons. The Balaban J connectivity index is 1.04. The molecule has 8 heteroatoms. The number of rotatable bonds is 12. The number of carbonyl (C=O) groups is 2. The predicted molar refractivity (Wildman–Crippen MR) is 140 cm³/mol. The van der Waals surface area contributed by atoms with Crippen LogP contribution in [0.3, 0.4) is 0 Å². The van der Waals surface area contributed by atoms with E-state index in [9.17, 15) is 9.59 Å². The van der Waals surface area contributed by atoms with E-state index in [-0.39, 0.29) is 11.8 Å². The van der Waals surface area contributed by atoms with Gasteiger partial charge in [0, 0.05) is 58.2 Å².